The number of ether oxygens (including phenoxy) is 1. The maximum atomic E-state index is 11.8. The molecule has 0 bridgehead atoms. The van der Waals surface area contributed by atoms with Crippen molar-refractivity contribution in [3.63, 3.8) is 0 Å². The van der Waals surface area contributed by atoms with Crippen LogP contribution >= 0.6 is 11.6 Å². The first-order valence-electron chi connectivity index (χ1n) is 8.65. The Morgan fingerprint density at radius 2 is 1.96 bits per heavy atom. The van der Waals surface area contributed by atoms with Gasteiger partial charge < -0.3 is 10.1 Å². The highest BCUT2D eigenvalue weighted by Crippen LogP contribution is 2.24. The second-order valence-corrected chi connectivity index (χ2v) is 6.14. The molecule has 0 radical (unpaired) electrons. The minimum atomic E-state index is -0.743. The number of halogens is 1. The van der Waals surface area contributed by atoms with Crippen molar-refractivity contribution in [1.29, 1.82) is 0 Å². The molecular formula is C19H21ClN4O4. The number of amides is 3. The average molecular weight is 405 g/mol. The Labute approximate surface area is 167 Å². The van der Waals surface area contributed by atoms with E-state index in [1.807, 2.05) is 37.3 Å². The molecule has 0 atom stereocenters. The van der Waals surface area contributed by atoms with Crippen molar-refractivity contribution < 1.29 is 19.1 Å². The van der Waals surface area contributed by atoms with E-state index in [1.165, 1.54) is 6.08 Å². The largest absolute Gasteiger partial charge is 0.452 e. The van der Waals surface area contributed by atoms with E-state index in [0.717, 1.165) is 18.2 Å². The number of imide groups is 1. The zero-order valence-electron chi connectivity index (χ0n) is 15.6. The Kier molecular flexibility index (Phi) is 7.76. The molecule has 0 unspecified atom stereocenters. The van der Waals surface area contributed by atoms with Crippen molar-refractivity contribution in [2.24, 2.45) is 0 Å². The van der Waals surface area contributed by atoms with Crippen LogP contribution in [0.4, 0.5) is 4.79 Å². The lowest BCUT2D eigenvalue weighted by molar-refractivity contribution is -0.143. The summed E-state index contributed by atoms with van der Waals surface area (Å²) in [6.45, 7) is 3.52. The van der Waals surface area contributed by atoms with E-state index >= 15 is 0 Å². The third-order valence-electron chi connectivity index (χ3n) is 3.57. The minimum Gasteiger partial charge on any atom is -0.452 e. The lowest BCUT2D eigenvalue weighted by Gasteiger charge is -2.05. The normalized spacial score (nSPS) is 10.7. The summed E-state index contributed by atoms with van der Waals surface area (Å²) in [7, 11) is 0. The number of urea groups is 1. The highest BCUT2D eigenvalue weighted by molar-refractivity contribution is 6.31. The van der Waals surface area contributed by atoms with Crippen LogP contribution < -0.4 is 10.6 Å². The fraction of sp³-hybridized carbons (Fsp3) is 0.263. The van der Waals surface area contributed by atoms with Crippen LogP contribution in [-0.2, 0) is 14.3 Å². The number of nitrogens with zero attached hydrogens (tertiary/aromatic N) is 2. The maximum Gasteiger partial charge on any atom is 0.331 e. The van der Waals surface area contributed by atoms with Crippen molar-refractivity contribution in [3.05, 3.63) is 52.8 Å². The topological polar surface area (TPSA) is 102 Å². The Morgan fingerprint density at radius 3 is 2.64 bits per heavy atom. The molecule has 2 N–H and O–H groups in total. The second kappa shape index (κ2) is 10.3. The highest BCUT2D eigenvalue weighted by atomic mass is 35.5. The minimum absolute atomic E-state index is 0.345. The molecule has 0 saturated heterocycles. The quantitative estimate of drug-likeness (QED) is 0.545. The summed E-state index contributed by atoms with van der Waals surface area (Å²) in [4.78, 5) is 34.7. The van der Waals surface area contributed by atoms with Crippen molar-refractivity contribution in [2.75, 3.05) is 13.2 Å². The number of para-hydroxylation sites is 1. The van der Waals surface area contributed by atoms with Gasteiger partial charge in [0.05, 0.1) is 11.4 Å². The molecule has 3 amide bonds. The summed E-state index contributed by atoms with van der Waals surface area (Å²) < 4.78 is 6.37. The number of esters is 1. The van der Waals surface area contributed by atoms with Crippen LogP contribution in [-0.4, -0.2) is 40.8 Å². The number of benzene rings is 1. The van der Waals surface area contributed by atoms with Gasteiger partial charge >= 0.3 is 12.0 Å². The molecule has 0 saturated carbocycles. The van der Waals surface area contributed by atoms with Gasteiger partial charge in [-0.15, -0.1) is 0 Å². The van der Waals surface area contributed by atoms with Crippen LogP contribution in [0.25, 0.3) is 11.8 Å². The molecule has 0 spiro atoms. The number of hydrogen-bond acceptors (Lipinski definition) is 5. The molecule has 0 aliphatic heterocycles. The van der Waals surface area contributed by atoms with Gasteiger partial charge in [-0.3, -0.25) is 10.1 Å². The summed E-state index contributed by atoms with van der Waals surface area (Å²) in [6.07, 6.45) is 3.36. The molecule has 2 aromatic rings. The van der Waals surface area contributed by atoms with E-state index in [4.69, 9.17) is 16.3 Å². The summed E-state index contributed by atoms with van der Waals surface area (Å²) in [5.41, 5.74) is 1.98. The van der Waals surface area contributed by atoms with Crippen LogP contribution in [0.2, 0.25) is 5.15 Å². The summed E-state index contributed by atoms with van der Waals surface area (Å²) in [5.74, 6) is -1.46. The Bertz CT molecular complexity index is 878. The number of hydrogen-bond donors (Lipinski definition) is 2. The second-order valence-electron chi connectivity index (χ2n) is 5.78. The molecule has 2 rings (SSSR count). The van der Waals surface area contributed by atoms with Crippen LogP contribution in [0.5, 0.6) is 0 Å². The standard InChI is InChI=1S/C19H21ClN4O4/c1-3-11-21-19(27)22-16(25)12-28-17(26)10-9-15-13(2)23-24(18(15)20)14-7-5-4-6-8-14/h4-10H,3,11-12H2,1-2H3,(H2,21,22,25,27)/b10-9+. The average Bonchev–Trinajstić information content (AvgIpc) is 2.97. The molecule has 0 aliphatic rings. The molecule has 0 aliphatic carbocycles. The fourth-order valence-electron chi connectivity index (χ4n) is 2.22. The lowest BCUT2D eigenvalue weighted by atomic mass is 10.2. The van der Waals surface area contributed by atoms with E-state index in [9.17, 15) is 14.4 Å². The van der Waals surface area contributed by atoms with Crippen molar-refractivity contribution in [3.8, 4) is 5.69 Å². The highest BCUT2D eigenvalue weighted by Gasteiger charge is 2.13. The Morgan fingerprint density at radius 1 is 1.25 bits per heavy atom. The van der Waals surface area contributed by atoms with E-state index in [0.29, 0.717) is 23.0 Å². The molecule has 28 heavy (non-hydrogen) atoms. The van der Waals surface area contributed by atoms with Crippen LogP contribution in [0.15, 0.2) is 36.4 Å². The van der Waals surface area contributed by atoms with Crippen LogP contribution in [0.3, 0.4) is 0 Å². The number of aromatic nitrogens is 2. The molecule has 1 aromatic carbocycles. The zero-order valence-corrected chi connectivity index (χ0v) is 16.3. The van der Waals surface area contributed by atoms with Crippen molar-refractivity contribution in [2.45, 2.75) is 20.3 Å². The van der Waals surface area contributed by atoms with Crippen LogP contribution in [0, 0.1) is 6.92 Å². The molecular weight excluding hydrogens is 384 g/mol. The third-order valence-corrected chi connectivity index (χ3v) is 3.93. The number of rotatable bonds is 7. The van der Waals surface area contributed by atoms with Gasteiger partial charge in [-0.1, -0.05) is 36.7 Å². The van der Waals surface area contributed by atoms with Gasteiger partial charge in [-0.25, -0.2) is 14.3 Å². The molecule has 8 nitrogen and oxygen atoms in total. The van der Waals surface area contributed by atoms with Gasteiger partial charge in [0.15, 0.2) is 6.61 Å². The van der Waals surface area contributed by atoms with Gasteiger partial charge in [0.1, 0.15) is 5.15 Å². The van der Waals surface area contributed by atoms with E-state index in [2.05, 4.69) is 15.7 Å². The summed E-state index contributed by atoms with van der Waals surface area (Å²) >= 11 is 6.36. The third kappa shape index (κ3) is 5.95. The Hall–Kier alpha value is -3.13. The molecule has 9 heteroatoms. The van der Waals surface area contributed by atoms with Gasteiger partial charge in [0.2, 0.25) is 0 Å². The molecule has 1 heterocycles. The number of nitrogens with one attached hydrogen (secondary N) is 2. The van der Waals surface area contributed by atoms with Crippen molar-refractivity contribution >= 4 is 35.6 Å². The summed E-state index contributed by atoms with van der Waals surface area (Å²) in [6, 6.07) is 8.69. The fourth-order valence-corrected chi connectivity index (χ4v) is 2.56. The first kappa shape index (κ1) is 21.2. The van der Waals surface area contributed by atoms with Crippen LogP contribution in [0.1, 0.15) is 24.6 Å². The SMILES string of the molecule is CCCNC(=O)NC(=O)COC(=O)/C=C/c1c(C)nn(-c2ccccc2)c1Cl. The number of carbonyl (C=O) groups excluding carboxylic acids is 3. The molecule has 148 valence electrons. The molecule has 0 fully saturated rings. The monoisotopic (exact) mass is 404 g/mol. The van der Waals surface area contributed by atoms with Crippen molar-refractivity contribution in [1.82, 2.24) is 20.4 Å². The first-order valence-corrected chi connectivity index (χ1v) is 9.03. The van der Waals surface area contributed by atoms with Gasteiger partial charge in [0.25, 0.3) is 5.91 Å². The maximum absolute atomic E-state index is 11.8. The van der Waals surface area contributed by atoms with E-state index in [-0.39, 0.29) is 0 Å². The summed E-state index contributed by atoms with van der Waals surface area (Å²) in [5, 5.41) is 9.24. The first-order chi connectivity index (χ1) is 13.4. The molecule has 1 aromatic heterocycles. The predicted molar refractivity (Wildman–Crippen MR) is 105 cm³/mol. The predicted octanol–water partition coefficient (Wildman–Crippen LogP) is 2.63. The zero-order chi connectivity index (χ0) is 20.5. The van der Waals surface area contributed by atoms with Gasteiger partial charge in [-0.05, 0) is 31.6 Å². The van der Waals surface area contributed by atoms with Gasteiger partial charge in [-0.2, -0.15) is 5.10 Å². The number of carbonyl (C=O) groups is 3. The Balaban J connectivity index is 1.93. The van der Waals surface area contributed by atoms with E-state index in [1.54, 1.807) is 11.6 Å². The number of aryl methyl sites for hydroxylation is 1. The van der Waals surface area contributed by atoms with E-state index < -0.39 is 24.5 Å². The smallest absolute Gasteiger partial charge is 0.331 e. The lowest BCUT2D eigenvalue weighted by Crippen LogP contribution is -2.41. The van der Waals surface area contributed by atoms with Gasteiger partial charge in [0, 0.05) is 18.2 Å².